The number of nitrogens with one attached hydrogen (secondary N) is 1. The van der Waals surface area contributed by atoms with Gasteiger partial charge in [0, 0.05) is 13.7 Å². The molecule has 0 fully saturated rings. The number of anilines is 1. The summed E-state index contributed by atoms with van der Waals surface area (Å²) in [7, 11) is 1.45. The molecule has 0 aliphatic heterocycles. The molecule has 0 aliphatic rings. The van der Waals surface area contributed by atoms with Crippen LogP contribution in [0.5, 0.6) is 5.75 Å². The lowest BCUT2D eigenvalue weighted by Gasteiger charge is -2.15. The highest BCUT2D eigenvalue weighted by molar-refractivity contribution is 5.95. The SMILES string of the molecule is CCOc1ccccc1NC(=O)C(CN)OC. The molecule has 0 aromatic heterocycles. The lowest BCUT2D eigenvalue weighted by Crippen LogP contribution is -2.36. The number of methoxy groups -OCH3 is 1. The number of carbonyl (C=O) groups excluding carboxylic acids is 1. The van der Waals surface area contributed by atoms with Gasteiger partial charge in [0.1, 0.15) is 11.9 Å². The van der Waals surface area contributed by atoms with Gasteiger partial charge in [-0.05, 0) is 19.1 Å². The fraction of sp³-hybridized carbons (Fsp3) is 0.417. The van der Waals surface area contributed by atoms with Crippen LogP contribution in [0.4, 0.5) is 5.69 Å². The number of carbonyl (C=O) groups is 1. The molecule has 1 amide bonds. The average Bonchev–Trinajstić information content (AvgIpc) is 2.33. The summed E-state index contributed by atoms with van der Waals surface area (Å²) >= 11 is 0. The fourth-order valence-electron chi connectivity index (χ4n) is 1.37. The van der Waals surface area contributed by atoms with Crippen molar-refractivity contribution in [3.05, 3.63) is 24.3 Å². The van der Waals surface area contributed by atoms with Gasteiger partial charge in [0.2, 0.25) is 0 Å². The standard InChI is InChI=1S/C12H18N2O3/c1-3-17-10-7-5-4-6-9(10)14-12(15)11(8-13)16-2/h4-7,11H,3,8,13H2,1-2H3,(H,14,15). The van der Waals surface area contributed by atoms with Crippen LogP contribution in [0.15, 0.2) is 24.3 Å². The zero-order valence-corrected chi connectivity index (χ0v) is 10.1. The van der Waals surface area contributed by atoms with E-state index in [4.69, 9.17) is 15.2 Å². The summed E-state index contributed by atoms with van der Waals surface area (Å²) in [6.45, 7) is 2.56. The van der Waals surface area contributed by atoms with E-state index in [9.17, 15) is 4.79 Å². The summed E-state index contributed by atoms with van der Waals surface area (Å²) in [4.78, 5) is 11.8. The zero-order chi connectivity index (χ0) is 12.7. The summed E-state index contributed by atoms with van der Waals surface area (Å²) in [5, 5.41) is 2.73. The van der Waals surface area contributed by atoms with E-state index in [2.05, 4.69) is 5.32 Å². The van der Waals surface area contributed by atoms with E-state index in [-0.39, 0.29) is 12.5 Å². The van der Waals surface area contributed by atoms with Gasteiger partial charge in [-0.2, -0.15) is 0 Å². The van der Waals surface area contributed by atoms with Crippen molar-refractivity contribution in [1.82, 2.24) is 0 Å². The van der Waals surface area contributed by atoms with Crippen LogP contribution in [0, 0.1) is 0 Å². The maximum Gasteiger partial charge on any atom is 0.254 e. The Bertz CT molecular complexity index is 365. The topological polar surface area (TPSA) is 73.6 Å². The Balaban J connectivity index is 2.76. The Hall–Kier alpha value is -1.59. The maximum atomic E-state index is 11.8. The van der Waals surface area contributed by atoms with Crippen LogP contribution in [0.1, 0.15) is 6.92 Å². The van der Waals surface area contributed by atoms with Crippen LogP contribution in [0.25, 0.3) is 0 Å². The Morgan fingerprint density at radius 1 is 1.47 bits per heavy atom. The van der Waals surface area contributed by atoms with Crippen molar-refractivity contribution in [1.29, 1.82) is 0 Å². The van der Waals surface area contributed by atoms with E-state index in [0.717, 1.165) is 0 Å². The molecule has 17 heavy (non-hydrogen) atoms. The van der Waals surface area contributed by atoms with Crippen LogP contribution in [-0.4, -0.2) is 32.3 Å². The van der Waals surface area contributed by atoms with Gasteiger partial charge >= 0.3 is 0 Å². The second kappa shape index (κ2) is 6.88. The van der Waals surface area contributed by atoms with E-state index in [0.29, 0.717) is 18.0 Å². The summed E-state index contributed by atoms with van der Waals surface area (Å²) in [6, 6.07) is 7.23. The minimum absolute atomic E-state index is 0.138. The van der Waals surface area contributed by atoms with Gasteiger partial charge in [0.05, 0.1) is 12.3 Å². The molecule has 1 atom stereocenters. The summed E-state index contributed by atoms with van der Waals surface area (Å²) in [6.07, 6.45) is -0.648. The number of nitrogens with two attached hydrogens (primary N) is 1. The first-order chi connectivity index (χ1) is 8.22. The molecule has 1 rings (SSSR count). The first kappa shape index (κ1) is 13.5. The van der Waals surface area contributed by atoms with Crippen molar-refractivity contribution >= 4 is 11.6 Å². The van der Waals surface area contributed by atoms with Crippen molar-refractivity contribution in [3.8, 4) is 5.75 Å². The Labute approximate surface area is 101 Å². The van der Waals surface area contributed by atoms with E-state index in [1.165, 1.54) is 7.11 Å². The van der Waals surface area contributed by atoms with Crippen molar-refractivity contribution in [2.24, 2.45) is 5.73 Å². The van der Waals surface area contributed by atoms with Crippen molar-refractivity contribution in [2.75, 3.05) is 25.6 Å². The van der Waals surface area contributed by atoms with Gasteiger partial charge in [-0.15, -0.1) is 0 Å². The average molecular weight is 238 g/mol. The second-order valence-electron chi connectivity index (χ2n) is 3.38. The van der Waals surface area contributed by atoms with Gasteiger partial charge in [-0.1, -0.05) is 12.1 Å². The maximum absolute atomic E-state index is 11.8. The second-order valence-corrected chi connectivity index (χ2v) is 3.38. The molecule has 0 aliphatic carbocycles. The van der Waals surface area contributed by atoms with Gasteiger partial charge < -0.3 is 20.5 Å². The summed E-state index contributed by atoms with van der Waals surface area (Å²) < 4.78 is 10.4. The van der Waals surface area contributed by atoms with E-state index < -0.39 is 6.10 Å². The smallest absolute Gasteiger partial charge is 0.254 e. The number of hydrogen-bond donors (Lipinski definition) is 2. The van der Waals surface area contributed by atoms with Crippen LogP contribution >= 0.6 is 0 Å². The monoisotopic (exact) mass is 238 g/mol. The van der Waals surface area contributed by atoms with Crippen LogP contribution in [0.3, 0.4) is 0 Å². The minimum Gasteiger partial charge on any atom is -0.492 e. The van der Waals surface area contributed by atoms with Gasteiger partial charge in [-0.3, -0.25) is 4.79 Å². The molecule has 0 saturated carbocycles. The lowest BCUT2D eigenvalue weighted by atomic mass is 10.2. The zero-order valence-electron chi connectivity index (χ0n) is 10.1. The van der Waals surface area contributed by atoms with Crippen LogP contribution in [-0.2, 0) is 9.53 Å². The van der Waals surface area contributed by atoms with E-state index in [1.54, 1.807) is 12.1 Å². The molecular weight excluding hydrogens is 220 g/mol. The number of ether oxygens (including phenoxy) is 2. The summed E-state index contributed by atoms with van der Waals surface area (Å²) in [5.41, 5.74) is 6.04. The molecule has 5 nitrogen and oxygen atoms in total. The van der Waals surface area contributed by atoms with Gasteiger partial charge in [-0.25, -0.2) is 0 Å². The Morgan fingerprint density at radius 3 is 2.76 bits per heavy atom. The van der Waals surface area contributed by atoms with Crippen molar-refractivity contribution in [3.63, 3.8) is 0 Å². The molecule has 1 aromatic carbocycles. The predicted octanol–water partition coefficient (Wildman–Crippen LogP) is 0.998. The Kier molecular flexibility index (Phi) is 5.45. The number of para-hydroxylation sites is 2. The predicted molar refractivity (Wildman–Crippen MR) is 66.1 cm³/mol. The third kappa shape index (κ3) is 3.72. The van der Waals surface area contributed by atoms with Crippen molar-refractivity contribution in [2.45, 2.75) is 13.0 Å². The van der Waals surface area contributed by atoms with Crippen LogP contribution < -0.4 is 15.8 Å². The fourth-order valence-corrected chi connectivity index (χ4v) is 1.37. The normalized spacial score (nSPS) is 11.9. The highest BCUT2D eigenvalue weighted by Crippen LogP contribution is 2.23. The first-order valence-corrected chi connectivity index (χ1v) is 5.48. The molecule has 0 heterocycles. The minimum atomic E-state index is -0.648. The molecular formula is C12H18N2O3. The number of rotatable bonds is 6. The molecule has 5 heteroatoms. The third-order valence-electron chi connectivity index (χ3n) is 2.24. The number of benzene rings is 1. The molecule has 0 bridgehead atoms. The quantitative estimate of drug-likeness (QED) is 0.775. The van der Waals surface area contributed by atoms with E-state index >= 15 is 0 Å². The molecule has 0 saturated heterocycles. The first-order valence-electron chi connectivity index (χ1n) is 5.48. The summed E-state index contributed by atoms with van der Waals surface area (Å²) in [5.74, 6) is 0.359. The molecule has 0 radical (unpaired) electrons. The number of hydrogen-bond acceptors (Lipinski definition) is 4. The largest absolute Gasteiger partial charge is 0.492 e. The van der Waals surface area contributed by atoms with Gasteiger partial charge in [0.25, 0.3) is 5.91 Å². The highest BCUT2D eigenvalue weighted by Gasteiger charge is 2.17. The highest BCUT2D eigenvalue weighted by atomic mass is 16.5. The molecule has 3 N–H and O–H groups in total. The molecule has 94 valence electrons. The molecule has 0 spiro atoms. The molecule has 1 unspecified atom stereocenters. The Morgan fingerprint density at radius 2 is 2.18 bits per heavy atom. The third-order valence-corrected chi connectivity index (χ3v) is 2.24. The van der Waals surface area contributed by atoms with Crippen molar-refractivity contribution < 1.29 is 14.3 Å². The number of amides is 1. The van der Waals surface area contributed by atoms with E-state index in [1.807, 2.05) is 19.1 Å². The van der Waals surface area contributed by atoms with Crippen LogP contribution in [0.2, 0.25) is 0 Å². The van der Waals surface area contributed by atoms with Gasteiger partial charge in [0.15, 0.2) is 0 Å². The molecule has 1 aromatic rings. The lowest BCUT2D eigenvalue weighted by molar-refractivity contribution is -0.125.